The van der Waals surface area contributed by atoms with Crippen LogP contribution in [0, 0.1) is 0 Å². The van der Waals surface area contributed by atoms with Gasteiger partial charge in [0.1, 0.15) is 0 Å². The molecular weight excluding hydrogens is 208 g/mol. The van der Waals surface area contributed by atoms with Gasteiger partial charge in [-0.15, -0.1) is 0 Å². The summed E-state index contributed by atoms with van der Waals surface area (Å²) in [4.78, 5) is 13.6. The first-order valence-electron chi connectivity index (χ1n) is 5.31. The van der Waals surface area contributed by atoms with Crippen molar-refractivity contribution in [3.63, 3.8) is 0 Å². The van der Waals surface area contributed by atoms with E-state index in [1.807, 2.05) is 25.8 Å². The van der Waals surface area contributed by atoms with Crippen molar-refractivity contribution in [2.75, 3.05) is 19.1 Å². The van der Waals surface area contributed by atoms with E-state index < -0.39 is 0 Å². The first kappa shape index (κ1) is 14.8. The summed E-state index contributed by atoms with van der Waals surface area (Å²) in [7, 11) is 1.87. The SMILES string of the molecule is CSCC(C)N(C)C(=O)CCC(C)(C)N. The predicted molar refractivity (Wildman–Crippen MR) is 68.1 cm³/mol. The first-order valence-corrected chi connectivity index (χ1v) is 6.71. The van der Waals surface area contributed by atoms with Gasteiger partial charge in [-0.3, -0.25) is 4.79 Å². The van der Waals surface area contributed by atoms with Crippen LogP contribution in [-0.2, 0) is 4.79 Å². The summed E-state index contributed by atoms with van der Waals surface area (Å²) in [6, 6.07) is 0.299. The molecule has 0 bridgehead atoms. The van der Waals surface area contributed by atoms with Gasteiger partial charge in [0.2, 0.25) is 5.91 Å². The summed E-state index contributed by atoms with van der Waals surface area (Å²) in [6.45, 7) is 5.97. The highest BCUT2D eigenvalue weighted by atomic mass is 32.2. The third-order valence-electron chi connectivity index (χ3n) is 2.45. The molecule has 0 saturated heterocycles. The van der Waals surface area contributed by atoms with Gasteiger partial charge < -0.3 is 10.6 Å². The van der Waals surface area contributed by atoms with Crippen LogP contribution in [0.15, 0.2) is 0 Å². The van der Waals surface area contributed by atoms with Crippen LogP contribution in [0.3, 0.4) is 0 Å². The molecule has 0 spiro atoms. The van der Waals surface area contributed by atoms with Crippen LogP contribution in [0.1, 0.15) is 33.6 Å². The molecule has 15 heavy (non-hydrogen) atoms. The number of nitrogens with zero attached hydrogens (tertiary/aromatic N) is 1. The quantitative estimate of drug-likeness (QED) is 0.758. The van der Waals surface area contributed by atoms with Gasteiger partial charge in [0.25, 0.3) is 0 Å². The minimum atomic E-state index is -0.251. The van der Waals surface area contributed by atoms with E-state index in [1.165, 1.54) is 0 Å². The van der Waals surface area contributed by atoms with Crippen LogP contribution < -0.4 is 5.73 Å². The molecule has 1 amide bonds. The monoisotopic (exact) mass is 232 g/mol. The van der Waals surface area contributed by atoms with Gasteiger partial charge in [0.05, 0.1) is 0 Å². The number of hydrogen-bond acceptors (Lipinski definition) is 3. The molecule has 0 fully saturated rings. The highest BCUT2D eigenvalue weighted by Crippen LogP contribution is 2.11. The van der Waals surface area contributed by atoms with Crippen molar-refractivity contribution < 1.29 is 4.79 Å². The fourth-order valence-corrected chi connectivity index (χ4v) is 1.91. The minimum Gasteiger partial charge on any atom is -0.342 e. The summed E-state index contributed by atoms with van der Waals surface area (Å²) in [5.41, 5.74) is 5.59. The summed E-state index contributed by atoms with van der Waals surface area (Å²) in [5.74, 6) is 1.17. The van der Waals surface area contributed by atoms with Crippen molar-refractivity contribution >= 4 is 17.7 Å². The molecule has 1 unspecified atom stereocenters. The normalized spacial score (nSPS) is 13.7. The van der Waals surface area contributed by atoms with Gasteiger partial charge in [0, 0.05) is 30.8 Å². The van der Waals surface area contributed by atoms with E-state index in [0.717, 1.165) is 12.2 Å². The van der Waals surface area contributed by atoms with Crippen LogP contribution in [-0.4, -0.2) is 41.4 Å². The maximum atomic E-state index is 11.8. The van der Waals surface area contributed by atoms with E-state index in [4.69, 9.17) is 5.73 Å². The molecule has 0 rings (SSSR count). The van der Waals surface area contributed by atoms with E-state index in [9.17, 15) is 4.79 Å². The lowest BCUT2D eigenvalue weighted by atomic mass is 9.99. The molecular formula is C11H24N2OS. The fourth-order valence-electron chi connectivity index (χ4n) is 1.20. The molecule has 0 aliphatic rings. The maximum absolute atomic E-state index is 11.8. The van der Waals surface area contributed by atoms with Crippen LogP contribution >= 0.6 is 11.8 Å². The third-order valence-corrected chi connectivity index (χ3v) is 3.26. The standard InChI is InChI=1S/C11H24N2OS/c1-9(8-15-5)13(4)10(14)6-7-11(2,3)12/h9H,6-8,12H2,1-5H3. The van der Waals surface area contributed by atoms with Crippen molar-refractivity contribution in [3.8, 4) is 0 Å². The molecule has 0 saturated carbocycles. The minimum absolute atomic E-state index is 0.190. The second-order valence-corrected chi connectivity index (χ2v) is 5.71. The van der Waals surface area contributed by atoms with E-state index in [2.05, 4.69) is 13.2 Å². The Morgan fingerprint density at radius 3 is 2.47 bits per heavy atom. The Hall–Kier alpha value is -0.220. The van der Waals surface area contributed by atoms with Crippen molar-refractivity contribution in [1.29, 1.82) is 0 Å². The molecule has 3 nitrogen and oxygen atoms in total. The molecule has 0 radical (unpaired) electrons. The molecule has 0 aromatic heterocycles. The Kier molecular flexibility index (Phi) is 6.29. The molecule has 1 atom stereocenters. The average Bonchev–Trinajstić information content (AvgIpc) is 2.12. The summed E-state index contributed by atoms with van der Waals surface area (Å²) < 4.78 is 0. The number of amides is 1. The van der Waals surface area contributed by atoms with Gasteiger partial charge in [-0.1, -0.05) is 0 Å². The van der Waals surface area contributed by atoms with E-state index >= 15 is 0 Å². The molecule has 0 aliphatic carbocycles. The second kappa shape index (κ2) is 6.38. The molecule has 0 aliphatic heterocycles. The largest absolute Gasteiger partial charge is 0.342 e. The Balaban J connectivity index is 3.99. The van der Waals surface area contributed by atoms with Gasteiger partial charge in [0.15, 0.2) is 0 Å². The summed E-state index contributed by atoms with van der Waals surface area (Å²) in [6.07, 6.45) is 3.33. The second-order valence-electron chi connectivity index (χ2n) is 4.80. The van der Waals surface area contributed by atoms with Gasteiger partial charge >= 0.3 is 0 Å². The highest BCUT2D eigenvalue weighted by Gasteiger charge is 2.18. The Morgan fingerprint density at radius 1 is 1.53 bits per heavy atom. The lowest BCUT2D eigenvalue weighted by Crippen LogP contribution is -2.39. The number of rotatable bonds is 6. The number of nitrogens with two attached hydrogens (primary N) is 1. The number of thioether (sulfide) groups is 1. The van der Waals surface area contributed by atoms with Gasteiger partial charge in [-0.05, 0) is 33.4 Å². The third kappa shape index (κ3) is 6.79. The molecule has 0 aromatic carbocycles. The molecule has 2 N–H and O–H groups in total. The van der Waals surface area contributed by atoms with Crippen molar-refractivity contribution in [2.45, 2.75) is 45.2 Å². The van der Waals surface area contributed by atoms with E-state index in [0.29, 0.717) is 12.5 Å². The number of carbonyl (C=O) groups excluding carboxylic acids is 1. The maximum Gasteiger partial charge on any atom is 0.222 e. The Bertz CT molecular complexity index is 201. The zero-order valence-electron chi connectivity index (χ0n) is 10.5. The molecule has 0 aromatic rings. The van der Waals surface area contributed by atoms with Crippen molar-refractivity contribution in [3.05, 3.63) is 0 Å². The van der Waals surface area contributed by atoms with E-state index in [-0.39, 0.29) is 11.4 Å². The smallest absolute Gasteiger partial charge is 0.222 e. The lowest BCUT2D eigenvalue weighted by molar-refractivity contribution is -0.131. The molecule has 90 valence electrons. The van der Waals surface area contributed by atoms with Crippen LogP contribution in [0.4, 0.5) is 0 Å². The van der Waals surface area contributed by atoms with Crippen molar-refractivity contribution in [2.24, 2.45) is 5.73 Å². The first-order chi connectivity index (χ1) is 6.78. The van der Waals surface area contributed by atoms with E-state index in [1.54, 1.807) is 11.8 Å². The molecule has 0 heterocycles. The lowest BCUT2D eigenvalue weighted by Gasteiger charge is -2.26. The van der Waals surface area contributed by atoms with Crippen LogP contribution in [0.2, 0.25) is 0 Å². The average molecular weight is 232 g/mol. The Labute approximate surface area is 97.8 Å². The highest BCUT2D eigenvalue weighted by molar-refractivity contribution is 7.98. The number of hydrogen-bond donors (Lipinski definition) is 1. The Morgan fingerprint density at radius 2 is 2.07 bits per heavy atom. The van der Waals surface area contributed by atoms with Crippen LogP contribution in [0.5, 0.6) is 0 Å². The van der Waals surface area contributed by atoms with Crippen LogP contribution in [0.25, 0.3) is 0 Å². The number of carbonyl (C=O) groups is 1. The van der Waals surface area contributed by atoms with Gasteiger partial charge in [-0.25, -0.2) is 0 Å². The predicted octanol–water partition coefficient (Wildman–Crippen LogP) is 1.71. The summed E-state index contributed by atoms with van der Waals surface area (Å²) >= 11 is 1.76. The van der Waals surface area contributed by atoms with Gasteiger partial charge in [-0.2, -0.15) is 11.8 Å². The molecule has 4 heteroatoms. The summed E-state index contributed by atoms with van der Waals surface area (Å²) in [5, 5.41) is 0. The zero-order chi connectivity index (χ0) is 12.1. The van der Waals surface area contributed by atoms with Crippen molar-refractivity contribution in [1.82, 2.24) is 4.90 Å². The topological polar surface area (TPSA) is 46.3 Å². The zero-order valence-corrected chi connectivity index (χ0v) is 11.4. The fraction of sp³-hybridized carbons (Fsp3) is 0.909.